The molecule has 1 aromatic carbocycles. The van der Waals surface area contributed by atoms with Crippen molar-refractivity contribution in [3.8, 4) is 0 Å². The number of amides is 1. The van der Waals surface area contributed by atoms with Crippen LogP contribution in [0, 0.1) is 0 Å². The van der Waals surface area contributed by atoms with Gasteiger partial charge in [-0.25, -0.2) is 18.1 Å². The molecule has 1 saturated heterocycles. The molecule has 32 heavy (non-hydrogen) atoms. The van der Waals surface area contributed by atoms with E-state index in [2.05, 4.69) is 14.6 Å². The number of fused-ring (bicyclic) bond motifs is 1. The summed E-state index contributed by atoms with van der Waals surface area (Å²) in [6.07, 6.45) is 7.30. The van der Waals surface area contributed by atoms with E-state index in [0.717, 1.165) is 36.5 Å². The van der Waals surface area contributed by atoms with Gasteiger partial charge in [0, 0.05) is 57.7 Å². The van der Waals surface area contributed by atoms with Crippen molar-refractivity contribution in [3.63, 3.8) is 0 Å². The fraction of sp³-hybridized carbons (Fsp3) is 0.304. The van der Waals surface area contributed by atoms with Crippen LogP contribution in [0.15, 0.2) is 65.8 Å². The van der Waals surface area contributed by atoms with Crippen LogP contribution in [-0.4, -0.2) is 66.2 Å². The molecule has 3 aromatic rings. The quantitative estimate of drug-likeness (QED) is 0.553. The normalized spacial score (nSPS) is 15.6. The van der Waals surface area contributed by atoms with Crippen molar-refractivity contribution in [1.29, 1.82) is 0 Å². The van der Waals surface area contributed by atoms with Gasteiger partial charge in [0.15, 0.2) is 0 Å². The van der Waals surface area contributed by atoms with Gasteiger partial charge in [0.25, 0.3) is 0 Å². The number of carbonyl (C=O) groups is 1. The van der Waals surface area contributed by atoms with Crippen LogP contribution in [0.5, 0.6) is 0 Å². The first-order chi connectivity index (χ1) is 15.4. The number of nitrogens with one attached hydrogen (secondary N) is 1. The van der Waals surface area contributed by atoms with Crippen LogP contribution in [0.2, 0.25) is 0 Å². The first-order valence-electron chi connectivity index (χ1n) is 10.7. The molecule has 0 spiro atoms. The summed E-state index contributed by atoms with van der Waals surface area (Å²) in [7, 11) is -3.47. The van der Waals surface area contributed by atoms with Crippen LogP contribution in [0.25, 0.3) is 11.7 Å². The maximum Gasteiger partial charge on any atom is 0.246 e. The monoisotopic (exact) mass is 453 g/mol. The minimum absolute atomic E-state index is 0.0401. The molecule has 3 heterocycles. The molecule has 1 N–H and O–H groups in total. The number of sulfonamides is 1. The smallest absolute Gasteiger partial charge is 0.246 e. The maximum atomic E-state index is 12.6. The number of hydrogen-bond acceptors (Lipinski definition) is 5. The van der Waals surface area contributed by atoms with Crippen LogP contribution in [0.3, 0.4) is 0 Å². The lowest BCUT2D eigenvalue weighted by Gasteiger charge is -2.33. The van der Waals surface area contributed by atoms with Crippen LogP contribution in [0.1, 0.15) is 18.2 Å². The Balaban J connectivity index is 1.29. The SMILES string of the molecule is CCNS(=O)(=O)c1ccc(/C=C/C(=O)N2CCN(Cc3cn4ccccc4n3)CC2)cc1. The van der Waals surface area contributed by atoms with Crippen LogP contribution < -0.4 is 4.72 Å². The standard InChI is InChI=1S/C23H27N5O3S/c1-2-24-32(30,31)21-9-6-19(7-10-21)8-11-23(29)27-15-13-26(14-16-27)17-20-18-28-12-4-3-5-22(28)25-20/h3-12,18,24H,2,13-17H2,1H3/b11-8+. The van der Waals surface area contributed by atoms with Crippen molar-refractivity contribution in [1.82, 2.24) is 23.9 Å². The number of imidazole rings is 1. The number of benzene rings is 1. The van der Waals surface area contributed by atoms with E-state index in [1.54, 1.807) is 43.3 Å². The van der Waals surface area contributed by atoms with Crippen molar-refractivity contribution in [2.45, 2.75) is 18.4 Å². The van der Waals surface area contributed by atoms with Crippen molar-refractivity contribution in [3.05, 3.63) is 72.2 Å². The number of aromatic nitrogens is 2. The number of nitrogens with zero attached hydrogens (tertiary/aromatic N) is 4. The summed E-state index contributed by atoms with van der Waals surface area (Å²) >= 11 is 0. The molecule has 0 aliphatic carbocycles. The number of rotatable bonds is 7. The molecular weight excluding hydrogens is 426 g/mol. The maximum absolute atomic E-state index is 12.6. The molecule has 9 heteroatoms. The zero-order valence-electron chi connectivity index (χ0n) is 18.0. The lowest BCUT2D eigenvalue weighted by Crippen LogP contribution is -2.47. The van der Waals surface area contributed by atoms with Crippen molar-refractivity contribution >= 4 is 27.7 Å². The van der Waals surface area contributed by atoms with Crippen molar-refractivity contribution < 1.29 is 13.2 Å². The fourth-order valence-electron chi connectivity index (χ4n) is 3.72. The molecular formula is C23H27N5O3S. The lowest BCUT2D eigenvalue weighted by molar-refractivity contribution is -0.127. The Hall–Kier alpha value is -3.01. The average molecular weight is 454 g/mol. The molecule has 0 saturated carbocycles. The Morgan fingerprint density at radius 2 is 1.84 bits per heavy atom. The van der Waals surface area contributed by atoms with Crippen LogP contribution in [0.4, 0.5) is 0 Å². The van der Waals surface area contributed by atoms with Gasteiger partial charge in [0.2, 0.25) is 15.9 Å². The fourth-order valence-corrected chi connectivity index (χ4v) is 4.76. The number of hydrogen-bond donors (Lipinski definition) is 1. The summed E-state index contributed by atoms with van der Waals surface area (Å²) in [5, 5.41) is 0. The summed E-state index contributed by atoms with van der Waals surface area (Å²) in [6, 6.07) is 12.4. The highest BCUT2D eigenvalue weighted by atomic mass is 32.2. The van der Waals surface area contributed by atoms with Gasteiger partial charge in [-0.1, -0.05) is 25.1 Å². The molecule has 1 amide bonds. The van der Waals surface area contributed by atoms with E-state index < -0.39 is 10.0 Å². The second-order valence-corrected chi connectivity index (χ2v) is 9.47. The van der Waals surface area contributed by atoms with Gasteiger partial charge < -0.3 is 9.30 Å². The minimum atomic E-state index is -3.47. The third kappa shape index (κ3) is 5.24. The van der Waals surface area contributed by atoms with E-state index >= 15 is 0 Å². The summed E-state index contributed by atoms with van der Waals surface area (Å²) in [5.41, 5.74) is 2.74. The molecule has 1 aliphatic heterocycles. The number of carbonyl (C=O) groups excluding carboxylic acids is 1. The summed E-state index contributed by atoms with van der Waals surface area (Å²) in [4.78, 5) is 21.6. The van der Waals surface area contributed by atoms with E-state index in [1.165, 1.54) is 0 Å². The Bertz CT molecular complexity index is 1180. The highest BCUT2D eigenvalue weighted by Crippen LogP contribution is 2.13. The molecule has 0 unspecified atom stereocenters. The minimum Gasteiger partial charge on any atom is -0.337 e. The summed E-state index contributed by atoms with van der Waals surface area (Å²) in [6.45, 7) is 5.76. The molecule has 168 valence electrons. The van der Waals surface area contributed by atoms with E-state index in [1.807, 2.05) is 39.9 Å². The van der Waals surface area contributed by atoms with Gasteiger partial charge in [-0.05, 0) is 35.9 Å². The molecule has 0 bridgehead atoms. The Morgan fingerprint density at radius 3 is 2.53 bits per heavy atom. The lowest BCUT2D eigenvalue weighted by atomic mass is 10.2. The largest absolute Gasteiger partial charge is 0.337 e. The molecule has 1 fully saturated rings. The summed E-state index contributed by atoms with van der Waals surface area (Å²) < 4.78 is 28.5. The molecule has 8 nitrogen and oxygen atoms in total. The highest BCUT2D eigenvalue weighted by molar-refractivity contribution is 7.89. The predicted octanol–water partition coefficient (Wildman–Crippen LogP) is 1.99. The molecule has 1 aliphatic rings. The third-order valence-corrected chi connectivity index (χ3v) is 6.99. The van der Waals surface area contributed by atoms with Gasteiger partial charge in [0.05, 0.1) is 10.6 Å². The van der Waals surface area contributed by atoms with Gasteiger partial charge in [-0.3, -0.25) is 9.69 Å². The van der Waals surface area contributed by atoms with E-state index in [4.69, 9.17) is 0 Å². The highest BCUT2D eigenvalue weighted by Gasteiger charge is 2.20. The first-order valence-corrected chi connectivity index (χ1v) is 12.1. The number of pyridine rings is 1. The van der Waals surface area contributed by atoms with Gasteiger partial charge >= 0.3 is 0 Å². The van der Waals surface area contributed by atoms with E-state index in [9.17, 15) is 13.2 Å². The zero-order valence-corrected chi connectivity index (χ0v) is 18.8. The van der Waals surface area contributed by atoms with Crippen molar-refractivity contribution in [2.75, 3.05) is 32.7 Å². The molecule has 2 aromatic heterocycles. The molecule has 0 radical (unpaired) electrons. The third-order valence-electron chi connectivity index (χ3n) is 5.43. The Morgan fingerprint density at radius 1 is 1.09 bits per heavy atom. The van der Waals surface area contributed by atoms with Crippen LogP contribution in [-0.2, 0) is 21.4 Å². The molecule has 0 atom stereocenters. The Kier molecular flexibility index (Phi) is 6.69. The second kappa shape index (κ2) is 9.64. The predicted molar refractivity (Wildman–Crippen MR) is 123 cm³/mol. The Labute approximate surface area is 188 Å². The first kappa shape index (κ1) is 22.2. The van der Waals surface area contributed by atoms with Gasteiger partial charge in [0.1, 0.15) is 5.65 Å². The topological polar surface area (TPSA) is 87.0 Å². The van der Waals surface area contributed by atoms with E-state index in [-0.39, 0.29) is 10.8 Å². The second-order valence-electron chi connectivity index (χ2n) is 7.70. The van der Waals surface area contributed by atoms with Gasteiger partial charge in [-0.15, -0.1) is 0 Å². The molecule has 4 rings (SSSR count). The summed E-state index contributed by atoms with van der Waals surface area (Å²) in [5.74, 6) is -0.0401. The zero-order chi connectivity index (χ0) is 22.6. The van der Waals surface area contributed by atoms with Gasteiger partial charge in [-0.2, -0.15) is 0 Å². The average Bonchev–Trinajstić information content (AvgIpc) is 3.20. The van der Waals surface area contributed by atoms with Crippen molar-refractivity contribution in [2.24, 2.45) is 0 Å². The number of piperazine rings is 1. The van der Waals surface area contributed by atoms with Crippen LogP contribution >= 0.6 is 0 Å². The van der Waals surface area contributed by atoms with E-state index in [0.29, 0.717) is 19.6 Å².